The number of nitrogens with zero attached hydrogens (tertiary/aromatic N) is 1. The van der Waals surface area contributed by atoms with Crippen molar-refractivity contribution in [2.45, 2.75) is 39.2 Å². The number of amides is 1. The van der Waals surface area contributed by atoms with Crippen LogP contribution in [0.15, 0.2) is 0 Å². The van der Waals surface area contributed by atoms with Crippen LogP contribution in [0, 0.1) is 5.92 Å². The molecule has 1 fully saturated rings. The molecule has 12 heavy (non-hydrogen) atoms. The predicted octanol–water partition coefficient (Wildman–Crippen LogP) is 2.55. The zero-order valence-electron chi connectivity index (χ0n) is 7.79. The Morgan fingerprint density at radius 2 is 2.25 bits per heavy atom. The number of carbonyl (C=O) groups is 1. The van der Waals surface area contributed by atoms with Gasteiger partial charge < -0.3 is 4.90 Å². The minimum atomic E-state index is -0.0688. The average Bonchev–Trinajstić information content (AvgIpc) is 2.05. The van der Waals surface area contributed by atoms with Gasteiger partial charge in [0.05, 0.1) is 0 Å². The molecule has 2 atom stereocenters. The van der Waals surface area contributed by atoms with Gasteiger partial charge in [-0.2, -0.15) is 0 Å². The number of hydrogen-bond acceptors (Lipinski definition) is 1. The maximum absolute atomic E-state index is 11.1. The zero-order valence-corrected chi connectivity index (χ0v) is 8.68. The van der Waals surface area contributed by atoms with E-state index in [-0.39, 0.29) is 5.24 Å². The third kappa shape index (κ3) is 2.16. The van der Waals surface area contributed by atoms with E-state index in [9.17, 15) is 4.79 Å². The fourth-order valence-electron chi connectivity index (χ4n) is 1.78. The first-order valence-corrected chi connectivity index (χ1v) is 5.09. The van der Waals surface area contributed by atoms with Crippen molar-refractivity contribution in [3.8, 4) is 0 Å². The number of thiol groups is 1. The van der Waals surface area contributed by atoms with Crippen LogP contribution in [0.3, 0.4) is 0 Å². The molecule has 0 saturated carbocycles. The van der Waals surface area contributed by atoms with Crippen molar-refractivity contribution in [2.24, 2.45) is 5.92 Å². The summed E-state index contributed by atoms with van der Waals surface area (Å²) in [7, 11) is 0. The van der Waals surface area contributed by atoms with Crippen LogP contribution in [0.25, 0.3) is 0 Å². The second-order valence-corrected chi connectivity index (χ2v) is 4.02. The average molecular weight is 187 g/mol. The van der Waals surface area contributed by atoms with Gasteiger partial charge in [0, 0.05) is 12.6 Å². The molecule has 3 heteroatoms. The Hall–Kier alpha value is -0.180. The molecule has 1 aliphatic rings. The summed E-state index contributed by atoms with van der Waals surface area (Å²) in [4.78, 5) is 12.9. The number of rotatable bonds is 1. The highest BCUT2D eigenvalue weighted by Crippen LogP contribution is 2.24. The Morgan fingerprint density at radius 1 is 1.58 bits per heavy atom. The molecule has 0 radical (unpaired) electrons. The monoisotopic (exact) mass is 187 g/mol. The Balaban J connectivity index is 2.53. The van der Waals surface area contributed by atoms with Crippen molar-refractivity contribution in [2.75, 3.05) is 6.54 Å². The van der Waals surface area contributed by atoms with E-state index in [1.54, 1.807) is 0 Å². The van der Waals surface area contributed by atoms with E-state index < -0.39 is 0 Å². The quantitative estimate of drug-likeness (QED) is 0.625. The molecule has 0 bridgehead atoms. The van der Waals surface area contributed by atoms with E-state index in [4.69, 9.17) is 0 Å². The highest BCUT2D eigenvalue weighted by atomic mass is 32.1. The van der Waals surface area contributed by atoms with E-state index in [1.165, 1.54) is 12.8 Å². The maximum Gasteiger partial charge on any atom is 0.278 e. The molecule has 0 aromatic carbocycles. The topological polar surface area (TPSA) is 20.3 Å². The molecule has 70 valence electrons. The van der Waals surface area contributed by atoms with Crippen molar-refractivity contribution in [1.29, 1.82) is 0 Å². The third-order valence-corrected chi connectivity index (χ3v) is 3.06. The Kier molecular flexibility index (Phi) is 3.44. The molecule has 0 aromatic rings. The summed E-state index contributed by atoms with van der Waals surface area (Å²) in [6.07, 6.45) is 3.56. The molecule has 1 saturated heterocycles. The van der Waals surface area contributed by atoms with E-state index in [2.05, 4.69) is 26.5 Å². The fraction of sp³-hybridized carbons (Fsp3) is 0.889. The van der Waals surface area contributed by atoms with Crippen molar-refractivity contribution < 1.29 is 4.79 Å². The molecule has 2 nitrogen and oxygen atoms in total. The summed E-state index contributed by atoms with van der Waals surface area (Å²) >= 11 is 3.87. The summed E-state index contributed by atoms with van der Waals surface area (Å²) < 4.78 is 0. The van der Waals surface area contributed by atoms with Crippen molar-refractivity contribution in [1.82, 2.24) is 4.90 Å². The molecule has 1 amide bonds. The van der Waals surface area contributed by atoms with Gasteiger partial charge in [0.25, 0.3) is 5.24 Å². The van der Waals surface area contributed by atoms with Gasteiger partial charge in [0.2, 0.25) is 0 Å². The van der Waals surface area contributed by atoms with Gasteiger partial charge >= 0.3 is 0 Å². The molecule has 1 rings (SSSR count). The molecular formula is C9H17NOS. The molecule has 0 aliphatic carbocycles. The van der Waals surface area contributed by atoms with Gasteiger partial charge in [-0.15, -0.1) is 0 Å². The van der Waals surface area contributed by atoms with Crippen LogP contribution in [0.2, 0.25) is 0 Å². The van der Waals surface area contributed by atoms with E-state index in [0.717, 1.165) is 13.0 Å². The lowest BCUT2D eigenvalue weighted by molar-refractivity contribution is 0.149. The molecule has 2 unspecified atom stereocenters. The Labute approximate surface area is 79.7 Å². The van der Waals surface area contributed by atoms with Crippen molar-refractivity contribution >= 4 is 17.9 Å². The van der Waals surface area contributed by atoms with Gasteiger partial charge in [-0.1, -0.05) is 26.0 Å². The molecular weight excluding hydrogens is 170 g/mol. The largest absolute Gasteiger partial charge is 0.331 e. The van der Waals surface area contributed by atoms with Crippen LogP contribution >= 0.6 is 12.6 Å². The summed E-state index contributed by atoms with van der Waals surface area (Å²) in [6, 6.07) is 0.387. The van der Waals surface area contributed by atoms with Gasteiger partial charge in [-0.25, -0.2) is 0 Å². The van der Waals surface area contributed by atoms with Crippen molar-refractivity contribution in [3.05, 3.63) is 0 Å². The summed E-state index contributed by atoms with van der Waals surface area (Å²) in [5.74, 6) is 0.692. The summed E-state index contributed by atoms with van der Waals surface area (Å²) in [5, 5.41) is -0.0688. The van der Waals surface area contributed by atoms with Gasteiger partial charge in [0.1, 0.15) is 0 Å². The van der Waals surface area contributed by atoms with Gasteiger partial charge in [-0.3, -0.25) is 4.79 Å². The normalized spacial score (nSPS) is 30.4. The van der Waals surface area contributed by atoms with Gasteiger partial charge in [-0.05, 0) is 25.7 Å². The van der Waals surface area contributed by atoms with Crippen LogP contribution in [-0.2, 0) is 0 Å². The number of likely N-dealkylation sites (tertiary alicyclic amines) is 1. The van der Waals surface area contributed by atoms with E-state index in [0.29, 0.717) is 12.0 Å². The maximum atomic E-state index is 11.1. The van der Waals surface area contributed by atoms with Crippen LogP contribution in [0.5, 0.6) is 0 Å². The predicted molar refractivity (Wildman–Crippen MR) is 53.6 cm³/mol. The van der Waals surface area contributed by atoms with E-state index in [1.807, 2.05) is 4.90 Å². The smallest absolute Gasteiger partial charge is 0.278 e. The second kappa shape index (κ2) is 4.17. The molecule has 0 spiro atoms. The van der Waals surface area contributed by atoms with Crippen molar-refractivity contribution in [3.63, 3.8) is 0 Å². The third-order valence-electron chi connectivity index (χ3n) is 2.80. The fourth-order valence-corrected chi connectivity index (χ4v) is 2.06. The minimum Gasteiger partial charge on any atom is -0.331 e. The number of carbonyl (C=O) groups excluding carboxylic acids is 1. The first-order valence-electron chi connectivity index (χ1n) is 4.64. The highest BCUT2D eigenvalue weighted by molar-refractivity contribution is 7.96. The van der Waals surface area contributed by atoms with Crippen LogP contribution in [-0.4, -0.2) is 22.7 Å². The second-order valence-electron chi connectivity index (χ2n) is 3.64. The Morgan fingerprint density at radius 3 is 2.75 bits per heavy atom. The van der Waals surface area contributed by atoms with Gasteiger partial charge in [0.15, 0.2) is 0 Å². The van der Waals surface area contributed by atoms with Crippen LogP contribution < -0.4 is 0 Å². The minimum absolute atomic E-state index is 0.0688. The van der Waals surface area contributed by atoms with E-state index >= 15 is 0 Å². The summed E-state index contributed by atoms with van der Waals surface area (Å²) in [5.41, 5.74) is 0. The molecule has 1 aliphatic heterocycles. The number of hydrogen-bond donors (Lipinski definition) is 1. The number of piperidine rings is 1. The lowest BCUT2D eigenvalue weighted by Crippen LogP contribution is -2.43. The summed E-state index contributed by atoms with van der Waals surface area (Å²) in [6.45, 7) is 5.18. The first kappa shape index (κ1) is 9.90. The SMILES string of the molecule is CCC1CCC(C)N(C(=O)S)C1. The lowest BCUT2D eigenvalue weighted by Gasteiger charge is -2.36. The molecule has 0 N–H and O–H groups in total. The zero-order chi connectivity index (χ0) is 9.14. The first-order chi connectivity index (χ1) is 5.65. The van der Waals surface area contributed by atoms with Crippen LogP contribution in [0.4, 0.5) is 4.79 Å². The van der Waals surface area contributed by atoms with Crippen LogP contribution in [0.1, 0.15) is 33.1 Å². The standard InChI is InChI=1S/C9H17NOS/c1-3-8-5-4-7(2)10(6-8)9(11)12/h7-8H,3-6H2,1-2H3,(H,11,12). The molecule has 0 aromatic heterocycles. The lowest BCUT2D eigenvalue weighted by atomic mass is 9.92. The molecule has 1 heterocycles. The highest BCUT2D eigenvalue weighted by Gasteiger charge is 2.26. The Bertz CT molecular complexity index is 172.